The van der Waals surface area contributed by atoms with Gasteiger partial charge >= 0.3 is 0 Å². The Kier molecular flexibility index (Phi) is 5.79. The maximum atomic E-state index is 3.48. The highest BCUT2D eigenvalue weighted by Crippen LogP contribution is 2.37. The molecule has 2 heteroatoms. The van der Waals surface area contributed by atoms with Gasteiger partial charge in [-0.2, -0.15) is 0 Å². The van der Waals surface area contributed by atoms with Crippen LogP contribution in [0, 0.1) is 11.8 Å². The van der Waals surface area contributed by atoms with Crippen molar-refractivity contribution in [1.29, 1.82) is 0 Å². The van der Waals surface area contributed by atoms with E-state index in [0.717, 1.165) is 11.8 Å². The zero-order valence-electron chi connectivity index (χ0n) is 11.6. The normalized spacial score (nSPS) is 28.8. The van der Waals surface area contributed by atoms with Gasteiger partial charge in [-0.3, -0.25) is 0 Å². The van der Waals surface area contributed by atoms with Crippen LogP contribution in [-0.2, 0) is 0 Å². The van der Waals surface area contributed by atoms with Crippen molar-refractivity contribution in [2.24, 2.45) is 11.8 Å². The third-order valence-electron chi connectivity index (χ3n) is 4.56. The second-order valence-electron chi connectivity index (χ2n) is 6.02. The second kappa shape index (κ2) is 7.38. The Labute approximate surface area is 107 Å². The van der Waals surface area contributed by atoms with Gasteiger partial charge in [0.2, 0.25) is 0 Å². The lowest BCUT2D eigenvalue weighted by Crippen LogP contribution is -2.23. The van der Waals surface area contributed by atoms with Crippen molar-refractivity contribution >= 4 is 0 Å². The zero-order chi connectivity index (χ0) is 11.9. The predicted octanol–water partition coefficient (Wildman–Crippen LogP) is 2.89. The van der Waals surface area contributed by atoms with E-state index in [-0.39, 0.29) is 0 Å². The van der Waals surface area contributed by atoms with E-state index in [1.807, 2.05) is 0 Å². The van der Waals surface area contributed by atoms with Gasteiger partial charge in [-0.05, 0) is 63.6 Å². The minimum atomic E-state index is 1.07. The molecule has 100 valence electrons. The van der Waals surface area contributed by atoms with E-state index in [1.54, 1.807) is 0 Å². The molecule has 1 aliphatic heterocycles. The number of nitrogens with one attached hydrogen (secondary N) is 1. The van der Waals surface area contributed by atoms with Crippen LogP contribution < -0.4 is 5.32 Å². The molecule has 1 saturated carbocycles. The molecular weight excluding hydrogens is 208 g/mol. The summed E-state index contributed by atoms with van der Waals surface area (Å²) >= 11 is 0. The van der Waals surface area contributed by atoms with E-state index in [2.05, 4.69) is 17.1 Å². The second-order valence-corrected chi connectivity index (χ2v) is 6.02. The molecule has 0 amide bonds. The van der Waals surface area contributed by atoms with Gasteiger partial charge in [0.1, 0.15) is 0 Å². The van der Waals surface area contributed by atoms with Crippen molar-refractivity contribution in [3.05, 3.63) is 0 Å². The fraction of sp³-hybridized carbons (Fsp3) is 1.00. The quantitative estimate of drug-likeness (QED) is 0.654. The lowest BCUT2D eigenvalue weighted by molar-refractivity contribution is 0.302. The molecule has 2 nitrogen and oxygen atoms in total. The highest BCUT2D eigenvalue weighted by molar-refractivity contribution is 4.88. The van der Waals surface area contributed by atoms with Crippen LogP contribution in [0.15, 0.2) is 0 Å². The molecule has 1 saturated heterocycles. The fourth-order valence-corrected chi connectivity index (χ4v) is 3.58. The molecule has 1 heterocycles. The zero-order valence-corrected chi connectivity index (χ0v) is 11.6. The van der Waals surface area contributed by atoms with Gasteiger partial charge < -0.3 is 10.2 Å². The lowest BCUT2D eigenvalue weighted by Gasteiger charge is -2.16. The van der Waals surface area contributed by atoms with Gasteiger partial charge in [-0.25, -0.2) is 0 Å². The van der Waals surface area contributed by atoms with Crippen LogP contribution in [-0.4, -0.2) is 37.6 Å². The summed E-state index contributed by atoms with van der Waals surface area (Å²) < 4.78 is 0. The third-order valence-corrected chi connectivity index (χ3v) is 4.56. The summed E-state index contributed by atoms with van der Waals surface area (Å²) in [6, 6.07) is 0. The van der Waals surface area contributed by atoms with E-state index < -0.39 is 0 Å². The van der Waals surface area contributed by atoms with Crippen molar-refractivity contribution in [1.82, 2.24) is 10.2 Å². The summed E-state index contributed by atoms with van der Waals surface area (Å²) in [5.41, 5.74) is 0. The summed E-state index contributed by atoms with van der Waals surface area (Å²) in [4.78, 5) is 2.73. The molecule has 1 aliphatic carbocycles. The molecular formula is C15H30N2. The monoisotopic (exact) mass is 238 g/mol. The molecule has 17 heavy (non-hydrogen) atoms. The van der Waals surface area contributed by atoms with E-state index >= 15 is 0 Å². The van der Waals surface area contributed by atoms with Crippen molar-refractivity contribution in [3.8, 4) is 0 Å². The summed E-state index contributed by atoms with van der Waals surface area (Å²) in [5, 5.41) is 3.48. The molecule has 2 aliphatic rings. The Hall–Kier alpha value is -0.0800. The number of likely N-dealkylation sites (tertiary alicyclic amines) is 1. The van der Waals surface area contributed by atoms with Gasteiger partial charge in [0.15, 0.2) is 0 Å². The molecule has 0 aromatic carbocycles. The smallest absolute Gasteiger partial charge is 0.00129 e. The van der Waals surface area contributed by atoms with Crippen LogP contribution in [0.3, 0.4) is 0 Å². The van der Waals surface area contributed by atoms with Crippen LogP contribution in [0.25, 0.3) is 0 Å². The Morgan fingerprint density at radius 1 is 1.00 bits per heavy atom. The number of nitrogens with zero attached hydrogens (tertiary/aromatic N) is 1. The molecule has 0 spiro atoms. The third kappa shape index (κ3) is 4.26. The Bertz CT molecular complexity index is 193. The Balaban J connectivity index is 1.44. The molecule has 0 aromatic rings. The first-order valence-corrected chi connectivity index (χ1v) is 7.83. The average Bonchev–Trinajstić information content (AvgIpc) is 2.88. The molecule has 0 radical (unpaired) electrons. The molecule has 2 fully saturated rings. The Morgan fingerprint density at radius 3 is 2.47 bits per heavy atom. The van der Waals surface area contributed by atoms with Crippen molar-refractivity contribution in [2.75, 3.05) is 32.7 Å². The van der Waals surface area contributed by atoms with Gasteiger partial charge in [-0.15, -0.1) is 0 Å². The minimum Gasteiger partial charge on any atom is -0.317 e. The van der Waals surface area contributed by atoms with Crippen LogP contribution in [0.5, 0.6) is 0 Å². The number of rotatable bonds is 8. The van der Waals surface area contributed by atoms with Crippen LogP contribution in [0.2, 0.25) is 0 Å². The maximum Gasteiger partial charge on any atom is 0.00129 e. The topological polar surface area (TPSA) is 15.3 Å². The first kappa shape index (κ1) is 13.4. The number of hydrogen-bond acceptors (Lipinski definition) is 2. The van der Waals surface area contributed by atoms with Crippen LogP contribution >= 0.6 is 0 Å². The van der Waals surface area contributed by atoms with E-state index in [9.17, 15) is 0 Å². The van der Waals surface area contributed by atoms with Gasteiger partial charge in [0, 0.05) is 13.1 Å². The average molecular weight is 238 g/mol. The SMILES string of the molecule is CCCNCCCCCN1CC2CCCC2C1. The number of hydrogen-bond donors (Lipinski definition) is 1. The highest BCUT2D eigenvalue weighted by atomic mass is 15.2. The summed E-state index contributed by atoms with van der Waals surface area (Å²) in [6.45, 7) is 8.84. The molecule has 1 N–H and O–H groups in total. The van der Waals surface area contributed by atoms with E-state index in [4.69, 9.17) is 0 Å². The van der Waals surface area contributed by atoms with Crippen molar-refractivity contribution in [3.63, 3.8) is 0 Å². The first-order valence-electron chi connectivity index (χ1n) is 7.83. The fourth-order valence-electron chi connectivity index (χ4n) is 3.58. The summed E-state index contributed by atoms with van der Waals surface area (Å²) in [6.07, 6.45) is 9.98. The lowest BCUT2D eigenvalue weighted by atomic mass is 10.0. The molecule has 0 bridgehead atoms. The van der Waals surface area contributed by atoms with E-state index in [0.29, 0.717) is 0 Å². The Morgan fingerprint density at radius 2 is 1.76 bits per heavy atom. The molecule has 2 unspecified atom stereocenters. The molecule has 2 rings (SSSR count). The van der Waals surface area contributed by atoms with E-state index in [1.165, 1.54) is 77.7 Å². The molecule has 2 atom stereocenters. The first-order chi connectivity index (χ1) is 8.40. The summed E-state index contributed by atoms with van der Waals surface area (Å²) in [7, 11) is 0. The predicted molar refractivity (Wildman–Crippen MR) is 74.3 cm³/mol. The van der Waals surface area contributed by atoms with Gasteiger partial charge in [0.25, 0.3) is 0 Å². The number of unbranched alkanes of at least 4 members (excludes halogenated alkanes) is 2. The minimum absolute atomic E-state index is 1.07. The highest BCUT2D eigenvalue weighted by Gasteiger charge is 2.35. The van der Waals surface area contributed by atoms with Gasteiger partial charge in [-0.1, -0.05) is 19.8 Å². The van der Waals surface area contributed by atoms with Crippen molar-refractivity contribution < 1.29 is 0 Å². The summed E-state index contributed by atoms with van der Waals surface area (Å²) in [5.74, 6) is 2.14. The van der Waals surface area contributed by atoms with Gasteiger partial charge in [0.05, 0.1) is 0 Å². The maximum absolute atomic E-state index is 3.48. The molecule has 0 aromatic heterocycles. The standard InChI is InChI=1S/C15H30N2/c1-2-9-16-10-4-3-5-11-17-12-14-7-6-8-15(14)13-17/h14-16H,2-13H2,1H3. The van der Waals surface area contributed by atoms with Crippen LogP contribution in [0.4, 0.5) is 0 Å². The largest absolute Gasteiger partial charge is 0.317 e. The van der Waals surface area contributed by atoms with Crippen LogP contribution in [0.1, 0.15) is 51.9 Å². The number of fused-ring (bicyclic) bond motifs is 1. The van der Waals surface area contributed by atoms with Crippen molar-refractivity contribution in [2.45, 2.75) is 51.9 Å².